The van der Waals surface area contributed by atoms with Crippen molar-refractivity contribution in [1.29, 1.82) is 0 Å². The summed E-state index contributed by atoms with van der Waals surface area (Å²) in [6.45, 7) is 2.04. The lowest BCUT2D eigenvalue weighted by atomic mass is 10.0. The number of aliphatic hydroxyl groups is 1. The van der Waals surface area contributed by atoms with Gasteiger partial charge in [-0.3, -0.25) is 9.59 Å². The normalized spacial score (nSPS) is 12.5. The molecule has 0 spiro atoms. The minimum Gasteiger partial charge on any atom is -0.491 e. The van der Waals surface area contributed by atoms with Crippen molar-refractivity contribution in [1.82, 2.24) is 10.6 Å². The number of rotatable bonds is 10. The molecule has 3 aromatic rings. The maximum absolute atomic E-state index is 12.8. The zero-order chi connectivity index (χ0) is 23.6. The van der Waals surface area contributed by atoms with Crippen molar-refractivity contribution in [3.63, 3.8) is 0 Å². The fourth-order valence-electron chi connectivity index (χ4n) is 3.26. The number of halogens is 1. The quantitative estimate of drug-likeness (QED) is 0.420. The minimum atomic E-state index is -0.873. The van der Waals surface area contributed by atoms with E-state index in [9.17, 15) is 14.7 Å². The Labute approximate surface area is 198 Å². The molecule has 6 nitrogen and oxygen atoms in total. The van der Waals surface area contributed by atoms with Gasteiger partial charge in [-0.05, 0) is 42.3 Å². The molecule has 0 aliphatic heterocycles. The number of carbonyl (C=O) groups excluding carboxylic acids is 2. The molecule has 2 amide bonds. The van der Waals surface area contributed by atoms with E-state index in [-0.39, 0.29) is 31.4 Å². The van der Waals surface area contributed by atoms with Crippen LogP contribution in [0.2, 0.25) is 5.02 Å². The molecule has 7 heteroatoms. The van der Waals surface area contributed by atoms with Crippen LogP contribution >= 0.6 is 11.6 Å². The molecule has 0 aliphatic rings. The second-order valence-corrected chi connectivity index (χ2v) is 8.11. The highest BCUT2D eigenvalue weighted by atomic mass is 35.5. The average molecular weight is 467 g/mol. The summed E-state index contributed by atoms with van der Waals surface area (Å²) >= 11 is 6.14. The standard InChI is InChI=1S/C26H27ClN2O4/c1-18-8-7-11-21(14-18)33-17-20(30)16-28-25(31)15-24(19-9-3-2-4-10-19)29-26(32)22-12-5-6-13-23(22)27/h2-14,20,24,30H,15-17H2,1H3,(H,28,31)(H,29,32). The van der Waals surface area contributed by atoms with Crippen LogP contribution in [0.1, 0.15) is 33.9 Å². The molecule has 3 aromatic carbocycles. The summed E-state index contributed by atoms with van der Waals surface area (Å²) in [5.41, 5.74) is 2.18. The van der Waals surface area contributed by atoms with Gasteiger partial charge in [-0.1, -0.05) is 66.2 Å². The SMILES string of the molecule is Cc1cccc(OCC(O)CNC(=O)CC(NC(=O)c2ccccc2Cl)c2ccccc2)c1. The maximum atomic E-state index is 12.8. The molecule has 172 valence electrons. The number of ether oxygens (including phenoxy) is 1. The van der Waals surface area contributed by atoms with E-state index >= 15 is 0 Å². The van der Waals surface area contributed by atoms with E-state index in [0.717, 1.165) is 11.1 Å². The van der Waals surface area contributed by atoms with Crippen molar-refractivity contribution in [3.8, 4) is 5.75 Å². The van der Waals surface area contributed by atoms with Gasteiger partial charge in [-0.25, -0.2) is 0 Å². The van der Waals surface area contributed by atoms with Crippen molar-refractivity contribution in [3.05, 3.63) is 101 Å². The first-order chi connectivity index (χ1) is 15.9. The van der Waals surface area contributed by atoms with Crippen LogP contribution in [0.3, 0.4) is 0 Å². The molecule has 2 atom stereocenters. The Hall–Kier alpha value is -3.35. The molecule has 0 saturated carbocycles. The van der Waals surface area contributed by atoms with E-state index in [4.69, 9.17) is 16.3 Å². The molecule has 2 unspecified atom stereocenters. The fraction of sp³-hybridized carbons (Fsp3) is 0.231. The summed E-state index contributed by atoms with van der Waals surface area (Å²) in [5.74, 6) is -0.0152. The first-order valence-corrected chi connectivity index (χ1v) is 11.0. The van der Waals surface area contributed by atoms with Crippen LogP contribution in [0, 0.1) is 6.92 Å². The largest absolute Gasteiger partial charge is 0.491 e. The number of hydrogen-bond donors (Lipinski definition) is 3. The third-order valence-electron chi connectivity index (χ3n) is 4.98. The molecule has 0 aromatic heterocycles. The lowest BCUT2D eigenvalue weighted by molar-refractivity contribution is -0.122. The van der Waals surface area contributed by atoms with E-state index in [1.807, 2.05) is 61.5 Å². The zero-order valence-corrected chi connectivity index (χ0v) is 19.1. The van der Waals surface area contributed by atoms with Crippen molar-refractivity contribution >= 4 is 23.4 Å². The predicted molar refractivity (Wildman–Crippen MR) is 128 cm³/mol. The first kappa shape index (κ1) is 24.3. The lowest BCUT2D eigenvalue weighted by Gasteiger charge is -2.20. The second-order valence-electron chi connectivity index (χ2n) is 7.71. The number of nitrogens with one attached hydrogen (secondary N) is 2. The van der Waals surface area contributed by atoms with Gasteiger partial charge in [0.15, 0.2) is 0 Å². The van der Waals surface area contributed by atoms with Crippen molar-refractivity contribution < 1.29 is 19.4 Å². The van der Waals surface area contributed by atoms with Gasteiger partial charge < -0.3 is 20.5 Å². The number of benzene rings is 3. The molecule has 0 radical (unpaired) electrons. The average Bonchev–Trinajstić information content (AvgIpc) is 2.82. The Balaban J connectivity index is 1.56. The smallest absolute Gasteiger partial charge is 0.253 e. The number of amides is 2. The van der Waals surface area contributed by atoms with Crippen molar-refractivity contribution in [2.24, 2.45) is 0 Å². The second kappa shape index (κ2) is 12.0. The molecule has 33 heavy (non-hydrogen) atoms. The van der Waals surface area contributed by atoms with Crippen LogP contribution in [0.15, 0.2) is 78.9 Å². The van der Waals surface area contributed by atoms with Gasteiger partial charge in [0.2, 0.25) is 5.91 Å². The zero-order valence-electron chi connectivity index (χ0n) is 18.3. The van der Waals surface area contributed by atoms with Crippen molar-refractivity contribution in [2.45, 2.75) is 25.5 Å². The summed E-state index contributed by atoms with van der Waals surface area (Å²) in [6.07, 6.45) is -0.867. The predicted octanol–water partition coefficient (Wildman–Crippen LogP) is 4.07. The van der Waals surface area contributed by atoms with Crippen LogP contribution < -0.4 is 15.4 Å². The molecular formula is C26H27ClN2O4. The Morgan fingerprint density at radius 2 is 1.73 bits per heavy atom. The highest BCUT2D eigenvalue weighted by Crippen LogP contribution is 2.20. The number of carbonyl (C=O) groups is 2. The van der Waals surface area contributed by atoms with E-state index in [2.05, 4.69) is 10.6 Å². The van der Waals surface area contributed by atoms with E-state index in [0.29, 0.717) is 16.3 Å². The summed E-state index contributed by atoms with van der Waals surface area (Å²) < 4.78 is 5.57. The van der Waals surface area contributed by atoms with Crippen LogP contribution in [0.25, 0.3) is 0 Å². The Morgan fingerprint density at radius 3 is 2.45 bits per heavy atom. The highest BCUT2D eigenvalue weighted by Gasteiger charge is 2.21. The fourth-order valence-corrected chi connectivity index (χ4v) is 3.49. The Kier molecular flexibility index (Phi) is 8.87. The third kappa shape index (κ3) is 7.63. The minimum absolute atomic E-state index is 0.00562. The third-order valence-corrected chi connectivity index (χ3v) is 5.31. The summed E-state index contributed by atoms with van der Waals surface area (Å²) in [4.78, 5) is 25.4. The summed E-state index contributed by atoms with van der Waals surface area (Å²) in [6, 6.07) is 22.9. The highest BCUT2D eigenvalue weighted by molar-refractivity contribution is 6.33. The van der Waals surface area contributed by atoms with Crippen molar-refractivity contribution in [2.75, 3.05) is 13.2 Å². The monoisotopic (exact) mass is 466 g/mol. The first-order valence-electron chi connectivity index (χ1n) is 10.7. The van der Waals surface area contributed by atoms with E-state index in [1.165, 1.54) is 0 Å². The van der Waals surface area contributed by atoms with Gasteiger partial charge in [0, 0.05) is 6.54 Å². The molecule has 3 N–H and O–H groups in total. The summed E-state index contributed by atoms with van der Waals surface area (Å²) in [5, 5.41) is 16.1. The van der Waals surface area contributed by atoms with E-state index in [1.54, 1.807) is 24.3 Å². The van der Waals surface area contributed by atoms with Crippen LogP contribution in [-0.2, 0) is 4.79 Å². The van der Waals surface area contributed by atoms with Crippen LogP contribution in [0.5, 0.6) is 5.75 Å². The maximum Gasteiger partial charge on any atom is 0.253 e. The molecule has 0 saturated heterocycles. The summed E-state index contributed by atoms with van der Waals surface area (Å²) in [7, 11) is 0. The topological polar surface area (TPSA) is 87.7 Å². The number of aliphatic hydroxyl groups excluding tert-OH is 1. The van der Waals surface area contributed by atoms with Gasteiger partial charge >= 0.3 is 0 Å². The number of aryl methyl sites for hydroxylation is 1. The van der Waals surface area contributed by atoms with Crippen LogP contribution in [-0.4, -0.2) is 36.2 Å². The van der Waals surface area contributed by atoms with Gasteiger partial charge in [-0.2, -0.15) is 0 Å². The molecule has 0 bridgehead atoms. The Bertz CT molecular complexity index is 1070. The molecule has 0 fully saturated rings. The number of hydrogen-bond acceptors (Lipinski definition) is 4. The van der Waals surface area contributed by atoms with Gasteiger partial charge in [0.05, 0.1) is 23.0 Å². The molecule has 3 rings (SSSR count). The van der Waals surface area contributed by atoms with Crippen LogP contribution in [0.4, 0.5) is 0 Å². The molecular weight excluding hydrogens is 440 g/mol. The van der Waals surface area contributed by atoms with Gasteiger partial charge in [0.25, 0.3) is 5.91 Å². The molecule has 0 heterocycles. The van der Waals surface area contributed by atoms with E-state index < -0.39 is 12.1 Å². The van der Waals surface area contributed by atoms with Gasteiger partial charge in [-0.15, -0.1) is 0 Å². The lowest BCUT2D eigenvalue weighted by Crippen LogP contribution is -2.38. The van der Waals surface area contributed by atoms with Gasteiger partial charge in [0.1, 0.15) is 18.5 Å². The molecule has 0 aliphatic carbocycles. The Morgan fingerprint density at radius 1 is 1.00 bits per heavy atom.